The van der Waals surface area contributed by atoms with Gasteiger partial charge in [-0.1, -0.05) is 6.92 Å². The van der Waals surface area contributed by atoms with E-state index < -0.39 is 11.7 Å². The quantitative estimate of drug-likeness (QED) is 0.667. The van der Waals surface area contributed by atoms with E-state index in [1.54, 1.807) is 7.05 Å². The van der Waals surface area contributed by atoms with Crippen LogP contribution in [-0.2, 0) is 12.7 Å². The molecule has 2 unspecified atom stereocenters. The first-order valence-corrected chi connectivity index (χ1v) is 7.26. The molecule has 2 heterocycles. The van der Waals surface area contributed by atoms with Crippen LogP contribution < -0.4 is 10.6 Å². The molecule has 0 aliphatic heterocycles. The summed E-state index contributed by atoms with van der Waals surface area (Å²) in [5, 5.41) is 14.1. The first-order chi connectivity index (χ1) is 10.9. The molecule has 1 saturated carbocycles. The molecular weight excluding hydrogens is 309 g/mol. The van der Waals surface area contributed by atoms with Crippen LogP contribution in [0.4, 0.5) is 13.2 Å². The Bertz CT molecular complexity index is 736. The van der Waals surface area contributed by atoms with E-state index in [2.05, 4.69) is 32.7 Å². The minimum Gasteiger partial charge on any atom is -0.353 e. The third-order valence-corrected chi connectivity index (χ3v) is 3.87. The van der Waals surface area contributed by atoms with Gasteiger partial charge < -0.3 is 10.6 Å². The number of aliphatic imine (C=N–C) groups is 1. The van der Waals surface area contributed by atoms with Crippen LogP contribution in [0.1, 0.15) is 24.7 Å². The number of hydrogen-bond acceptors (Lipinski definition) is 3. The number of rotatable bonds is 3. The molecule has 23 heavy (non-hydrogen) atoms. The third-order valence-electron chi connectivity index (χ3n) is 3.87. The Kier molecular flexibility index (Phi) is 3.87. The molecule has 0 saturated heterocycles. The monoisotopic (exact) mass is 326 g/mol. The lowest BCUT2D eigenvalue weighted by atomic mass is 10.3. The standard InChI is InChI=1S/C14H17F3N6/c1-8-5-10(8)20-13(18-2)19-6-12-22-21-11-4-3-9(7-23(11)12)14(15,16)17/h3-4,7-8,10H,5-6H2,1-2H3,(H2,18,19,20). The molecule has 1 aliphatic rings. The fraction of sp³-hybridized carbons (Fsp3) is 0.500. The summed E-state index contributed by atoms with van der Waals surface area (Å²) >= 11 is 0. The maximum Gasteiger partial charge on any atom is 0.417 e. The highest BCUT2D eigenvalue weighted by Crippen LogP contribution is 2.29. The van der Waals surface area contributed by atoms with E-state index >= 15 is 0 Å². The number of guanidine groups is 1. The van der Waals surface area contributed by atoms with E-state index in [1.165, 1.54) is 10.5 Å². The summed E-state index contributed by atoms with van der Waals surface area (Å²) in [5.41, 5.74) is -0.367. The van der Waals surface area contributed by atoms with Crippen LogP contribution >= 0.6 is 0 Å². The number of hydrogen-bond donors (Lipinski definition) is 2. The predicted molar refractivity (Wildman–Crippen MR) is 78.9 cm³/mol. The van der Waals surface area contributed by atoms with Gasteiger partial charge in [0.05, 0.1) is 12.1 Å². The second kappa shape index (κ2) is 5.71. The van der Waals surface area contributed by atoms with E-state index in [-0.39, 0.29) is 6.54 Å². The first kappa shape index (κ1) is 15.6. The third kappa shape index (κ3) is 3.38. The SMILES string of the molecule is CN=C(NCc1nnc2ccc(C(F)(F)F)cn12)NC1CC1C. The van der Waals surface area contributed by atoms with Gasteiger partial charge in [-0.3, -0.25) is 9.39 Å². The van der Waals surface area contributed by atoms with E-state index in [4.69, 9.17) is 0 Å². The van der Waals surface area contributed by atoms with Gasteiger partial charge >= 0.3 is 6.18 Å². The number of aromatic nitrogens is 3. The molecule has 0 aromatic carbocycles. The van der Waals surface area contributed by atoms with Crippen molar-refractivity contribution in [1.82, 2.24) is 25.2 Å². The largest absolute Gasteiger partial charge is 0.417 e. The highest BCUT2D eigenvalue weighted by atomic mass is 19.4. The molecule has 1 fully saturated rings. The lowest BCUT2D eigenvalue weighted by molar-refractivity contribution is -0.137. The predicted octanol–water partition coefficient (Wildman–Crippen LogP) is 1.82. The summed E-state index contributed by atoms with van der Waals surface area (Å²) in [6, 6.07) is 2.70. The number of fused-ring (bicyclic) bond motifs is 1. The second-order valence-corrected chi connectivity index (χ2v) is 5.65. The number of halogens is 3. The Morgan fingerprint density at radius 2 is 2.13 bits per heavy atom. The molecule has 2 aromatic rings. The number of nitrogens with one attached hydrogen (secondary N) is 2. The summed E-state index contributed by atoms with van der Waals surface area (Å²) in [7, 11) is 1.64. The van der Waals surface area contributed by atoms with Gasteiger partial charge in [0, 0.05) is 19.3 Å². The number of nitrogens with zero attached hydrogens (tertiary/aromatic N) is 4. The summed E-state index contributed by atoms with van der Waals surface area (Å²) in [5.74, 6) is 1.60. The zero-order chi connectivity index (χ0) is 16.6. The highest BCUT2D eigenvalue weighted by molar-refractivity contribution is 5.80. The van der Waals surface area contributed by atoms with Crippen molar-refractivity contribution < 1.29 is 13.2 Å². The number of alkyl halides is 3. The summed E-state index contributed by atoms with van der Waals surface area (Å²) in [6.07, 6.45) is -2.31. The van der Waals surface area contributed by atoms with Crippen LogP contribution in [0.2, 0.25) is 0 Å². The zero-order valence-electron chi connectivity index (χ0n) is 12.7. The molecule has 3 rings (SSSR count). The van der Waals surface area contributed by atoms with Gasteiger partial charge in [0.2, 0.25) is 0 Å². The van der Waals surface area contributed by atoms with Crippen LogP contribution in [0.25, 0.3) is 5.65 Å². The van der Waals surface area contributed by atoms with Crippen molar-refractivity contribution in [3.63, 3.8) is 0 Å². The molecule has 1 aliphatic carbocycles. The van der Waals surface area contributed by atoms with E-state index in [9.17, 15) is 13.2 Å². The second-order valence-electron chi connectivity index (χ2n) is 5.65. The Morgan fingerprint density at radius 1 is 1.39 bits per heavy atom. The van der Waals surface area contributed by atoms with Crippen LogP contribution in [0, 0.1) is 5.92 Å². The van der Waals surface area contributed by atoms with Crippen molar-refractivity contribution in [3.8, 4) is 0 Å². The van der Waals surface area contributed by atoms with Crippen LogP contribution in [-0.4, -0.2) is 33.6 Å². The van der Waals surface area contributed by atoms with E-state index in [0.29, 0.717) is 29.4 Å². The lowest BCUT2D eigenvalue weighted by Crippen LogP contribution is -2.39. The molecule has 0 radical (unpaired) electrons. The van der Waals surface area contributed by atoms with Crippen LogP contribution in [0.5, 0.6) is 0 Å². The molecule has 9 heteroatoms. The van der Waals surface area contributed by atoms with Gasteiger partial charge in [-0.05, 0) is 24.5 Å². The Morgan fingerprint density at radius 3 is 2.74 bits per heavy atom. The summed E-state index contributed by atoms with van der Waals surface area (Å²) in [6.45, 7) is 2.36. The average molecular weight is 326 g/mol. The smallest absolute Gasteiger partial charge is 0.353 e. The van der Waals surface area contributed by atoms with Crippen molar-refractivity contribution in [2.24, 2.45) is 10.9 Å². The highest BCUT2D eigenvalue weighted by Gasteiger charge is 2.33. The van der Waals surface area contributed by atoms with Crippen LogP contribution in [0.3, 0.4) is 0 Å². The van der Waals surface area contributed by atoms with Gasteiger partial charge in [0.1, 0.15) is 0 Å². The Balaban J connectivity index is 1.74. The minimum atomic E-state index is -4.40. The molecule has 2 atom stereocenters. The van der Waals surface area contributed by atoms with E-state index in [0.717, 1.165) is 18.7 Å². The fourth-order valence-corrected chi connectivity index (χ4v) is 2.28. The maximum atomic E-state index is 12.8. The van der Waals surface area contributed by atoms with Crippen molar-refractivity contribution in [1.29, 1.82) is 0 Å². The Hall–Kier alpha value is -2.32. The lowest BCUT2D eigenvalue weighted by Gasteiger charge is -2.11. The molecule has 124 valence electrons. The minimum absolute atomic E-state index is 0.225. The number of pyridine rings is 1. The molecule has 0 spiro atoms. The van der Waals surface area contributed by atoms with Gasteiger partial charge in [-0.15, -0.1) is 10.2 Å². The molecule has 6 nitrogen and oxygen atoms in total. The normalized spacial score (nSPS) is 21.5. The van der Waals surface area contributed by atoms with Gasteiger partial charge in [0.15, 0.2) is 17.4 Å². The van der Waals surface area contributed by atoms with Crippen LogP contribution in [0.15, 0.2) is 23.3 Å². The molecule has 0 amide bonds. The molecule has 2 N–H and O–H groups in total. The Labute approximate surface area is 130 Å². The summed E-state index contributed by atoms with van der Waals surface area (Å²) in [4.78, 5) is 4.10. The van der Waals surface area contributed by atoms with Gasteiger partial charge in [-0.25, -0.2) is 0 Å². The van der Waals surface area contributed by atoms with Gasteiger partial charge in [0.25, 0.3) is 0 Å². The average Bonchev–Trinajstić information content (AvgIpc) is 3.04. The van der Waals surface area contributed by atoms with Crippen molar-refractivity contribution >= 4 is 11.6 Å². The first-order valence-electron chi connectivity index (χ1n) is 7.26. The van der Waals surface area contributed by atoms with Gasteiger partial charge in [-0.2, -0.15) is 13.2 Å². The molecular formula is C14H17F3N6. The van der Waals surface area contributed by atoms with Crippen molar-refractivity contribution in [2.75, 3.05) is 7.05 Å². The molecule has 0 bridgehead atoms. The van der Waals surface area contributed by atoms with E-state index in [1.807, 2.05) is 0 Å². The summed E-state index contributed by atoms with van der Waals surface area (Å²) < 4.78 is 39.8. The topological polar surface area (TPSA) is 66.6 Å². The molecule has 2 aromatic heterocycles. The fourth-order valence-electron chi connectivity index (χ4n) is 2.28. The zero-order valence-corrected chi connectivity index (χ0v) is 12.7. The maximum absolute atomic E-state index is 12.8. The van der Waals surface area contributed by atoms with Crippen molar-refractivity contribution in [2.45, 2.75) is 32.1 Å². The van der Waals surface area contributed by atoms with Crippen molar-refractivity contribution in [3.05, 3.63) is 29.7 Å².